The molecule has 0 saturated carbocycles. The van der Waals surface area contributed by atoms with Crippen molar-refractivity contribution in [1.29, 1.82) is 0 Å². The van der Waals surface area contributed by atoms with Gasteiger partial charge in [0.1, 0.15) is 11.0 Å². The highest BCUT2D eigenvalue weighted by Crippen LogP contribution is 2.22. The summed E-state index contributed by atoms with van der Waals surface area (Å²) in [6.45, 7) is 5.45. The third-order valence-corrected chi connectivity index (χ3v) is 3.49. The zero-order valence-corrected chi connectivity index (χ0v) is 13.6. The molecule has 0 radical (unpaired) electrons. The Hall–Kier alpha value is -2.12. The standard InChI is InChI=1S/C15H18ClN5O2/c1-2-23-14-4-3-11(10-17-14)18-15-19-12(16)9-13(20-15)21-5-7-22-8-6-21/h3-4,9-10H,2,5-8H2,1H3,(H,18,19,20). The van der Waals surface area contributed by atoms with E-state index in [-0.39, 0.29) is 0 Å². The molecule has 23 heavy (non-hydrogen) atoms. The van der Waals surface area contributed by atoms with Gasteiger partial charge in [0, 0.05) is 25.2 Å². The number of pyridine rings is 1. The predicted octanol–water partition coefficient (Wildman–Crippen LogP) is 2.50. The summed E-state index contributed by atoms with van der Waals surface area (Å²) >= 11 is 6.12. The van der Waals surface area contributed by atoms with E-state index in [2.05, 4.69) is 25.2 Å². The average molecular weight is 336 g/mol. The normalized spacial score (nSPS) is 14.6. The summed E-state index contributed by atoms with van der Waals surface area (Å²) in [4.78, 5) is 15.0. The van der Waals surface area contributed by atoms with Crippen LogP contribution in [0.15, 0.2) is 24.4 Å². The second-order valence-corrected chi connectivity index (χ2v) is 5.30. The van der Waals surface area contributed by atoms with E-state index >= 15 is 0 Å². The Bertz CT molecular complexity index is 647. The largest absolute Gasteiger partial charge is 0.478 e. The molecule has 1 N–H and O–H groups in total. The van der Waals surface area contributed by atoms with Crippen molar-refractivity contribution >= 4 is 29.1 Å². The lowest BCUT2D eigenvalue weighted by molar-refractivity contribution is 0.122. The van der Waals surface area contributed by atoms with Gasteiger partial charge in [-0.15, -0.1) is 0 Å². The molecular formula is C15H18ClN5O2. The molecule has 2 aromatic heterocycles. The fraction of sp³-hybridized carbons (Fsp3) is 0.400. The maximum atomic E-state index is 6.12. The first-order valence-corrected chi connectivity index (χ1v) is 7.85. The number of aromatic nitrogens is 3. The Balaban J connectivity index is 1.75. The van der Waals surface area contributed by atoms with Crippen LogP contribution in [0.25, 0.3) is 0 Å². The number of rotatable bonds is 5. The van der Waals surface area contributed by atoms with Gasteiger partial charge in [0.05, 0.1) is 31.7 Å². The van der Waals surface area contributed by atoms with Crippen molar-refractivity contribution in [3.63, 3.8) is 0 Å². The molecule has 122 valence electrons. The molecule has 0 amide bonds. The SMILES string of the molecule is CCOc1ccc(Nc2nc(Cl)cc(N3CCOCC3)n2)cn1. The van der Waals surface area contributed by atoms with Crippen LogP contribution in [-0.2, 0) is 4.74 Å². The van der Waals surface area contributed by atoms with E-state index < -0.39 is 0 Å². The van der Waals surface area contributed by atoms with Gasteiger partial charge in [-0.2, -0.15) is 4.98 Å². The summed E-state index contributed by atoms with van der Waals surface area (Å²) in [5.74, 6) is 1.80. The van der Waals surface area contributed by atoms with Gasteiger partial charge in [0.2, 0.25) is 11.8 Å². The first-order chi connectivity index (χ1) is 11.2. The van der Waals surface area contributed by atoms with Crippen LogP contribution in [0.4, 0.5) is 17.5 Å². The van der Waals surface area contributed by atoms with Crippen LogP contribution in [0.3, 0.4) is 0 Å². The third-order valence-electron chi connectivity index (χ3n) is 3.30. The number of anilines is 3. The molecule has 1 aliphatic rings. The molecule has 0 spiro atoms. The van der Waals surface area contributed by atoms with Crippen molar-refractivity contribution in [2.24, 2.45) is 0 Å². The van der Waals surface area contributed by atoms with Crippen LogP contribution in [0.5, 0.6) is 5.88 Å². The monoisotopic (exact) mass is 335 g/mol. The van der Waals surface area contributed by atoms with Gasteiger partial charge in [0.15, 0.2) is 0 Å². The van der Waals surface area contributed by atoms with Crippen molar-refractivity contribution in [2.45, 2.75) is 6.92 Å². The van der Waals surface area contributed by atoms with Gasteiger partial charge in [-0.3, -0.25) is 0 Å². The second-order valence-electron chi connectivity index (χ2n) is 4.92. The molecule has 2 aromatic rings. The van der Waals surface area contributed by atoms with E-state index in [9.17, 15) is 0 Å². The van der Waals surface area contributed by atoms with E-state index in [0.29, 0.717) is 36.8 Å². The fourth-order valence-electron chi connectivity index (χ4n) is 2.23. The summed E-state index contributed by atoms with van der Waals surface area (Å²) in [6.07, 6.45) is 1.67. The van der Waals surface area contributed by atoms with Gasteiger partial charge < -0.3 is 19.7 Å². The molecule has 7 nitrogen and oxygen atoms in total. The van der Waals surface area contributed by atoms with E-state index in [1.165, 1.54) is 0 Å². The molecule has 0 atom stereocenters. The van der Waals surface area contributed by atoms with Crippen LogP contribution < -0.4 is 15.0 Å². The molecule has 8 heteroatoms. The summed E-state index contributed by atoms with van der Waals surface area (Å²) in [6, 6.07) is 5.41. The number of nitrogens with zero attached hydrogens (tertiary/aromatic N) is 4. The van der Waals surface area contributed by atoms with Crippen molar-refractivity contribution in [2.75, 3.05) is 43.1 Å². The van der Waals surface area contributed by atoms with Crippen molar-refractivity contribution < 1.29 is 9.47 Å². The molecule has 3 rings (SSSR count). The van der Waals surface area contributed by atoms with Gasteiger partial charge in [-0.25, -0.2) is 9.97 Å². The smallest absolute Gasteiger partial charge is 0.230 e. The Morgan fingerprint density at radius 2 is 2.13 bits per heavy atom. The first kappa shape index (κ1) is 15.8. The van der Waals surface area contributed by atoms with Crippen molar-refractivity contribution in [3.05, 3.63) is 29.5 Å². The molecule has 0 bridgehead atoms. The molecule has 0 aromatic carbocycles. The van der Waals surface area contributed by atoms with E-state index in [4.69, 9.17) is 21.1 Å². The van der Waals surface area contributed by atoms with E-state index in [1.54, 1.807) is 18.3 Å². The lowest BCUT2D eigenvalue weighted by Gasteiger charge is -2.28. The topological polar surface area (TPSA) is 72.4 Å². The Morgan fingerprint density at radius 3 is 2.83 bits per heavy atom. The van der Waals surface area contributed by atoms with E-state index in [1.807, 2.05) is 13.0 Å². The molecular weight excluding hydrogens is 318 g/mol. The third kappa shape index (κ3) is 4.20. The fourth-order valence-corrected chi connectivity index (χ4v) is 2.41. The highest BCUT2D eigenvalue weighted by molar-refractivity contribution is 6.29. The van der Waals surface area contributed by atoms with Gasteiger partial charge in [0.25, 0.3) is 0 Å². The van der Waals surface area contributed by atoms with Crippen LogP contribution in [0.1, 0.15) is 6.92 Å². The van der Waals surface area contributed by atoms with Gasteiger partial charge >= 0.3 is 0 Å². The van der Waals surface area contributed by atoms with Crippen LogP contribution in [0.2, 0.25) is 5.15 Å². The van der Waals surface area contributed by atoms with Crippen LogP contribution >= 0.6 is 11.6 Å². The minimum atomic E-state index is 0.392. The predicted molar refractivity (Wildman–Crippen MR) is 88.8 cm³/mol. The minimum absolute atomic E-state index is 0.392. The number of ether oxygens (including phenoxy) is 2. The van der Waals surface area contributed by atoms with Crippen LogP contribution in [0, 0.1) is 0 Å². The Morgan fingerprint density at radius 1 is 1.30 bits per heavy atom. The lowest BCUT2D eigenvalue weighted by atomic mass is 10.4. The first-order valence-electron chi connectivity index (χ1n) is 7.48. The summed E-state index contributed by atoms with van der Waals surface area (Å²) in [5, 5.41) is 3.50. The molecule has 1 fully saturated rings. The quantitative estimate of drug-likeness (QED) is 0.841. The summed E-state index contributed by atoms with van der Waals surface area (Å²) in [7, 11) is 0. The molecule has 3 heterocycles. The highest BCUT2D eigenvalue weighted by Gasteiger charge is 2.14. The van der Waals surface area contributed by atoms with Gasteiger partial charge in [-0.1, -0.05) is 11.6 Å². The molecule has 1 aliphatic heterocycles. The lowest BCUT2D eigenvalue weighted by Crippen LogP contribution is -2.36. The number of hydrogen-bond acceptors (Lipinski definition) is 7. The molecule has 0 unspecified atom stereocenters. The van der Waals surface area contributed by atoms with Gasteiger partial charge in [-0.05, 0) is 13.0 Å². The zero-order chi connectivity index (χ0) is 16.1. The molecule has 1 saturated heterocycles. The van der Waals surface area contributed by atoms with Crippen molar-refractivity contribution in [1.82, 2.24) is 15.0 Å². The second kappa shape index (κ2) is 7.43. The maximum absolute atomic E-state index is 6.12. The zero-order valence-electron chi connectivity index (χ0n) is 12.8. The minimum Gasteiger partial charge on any atom is -0.478 e. The van der Waals surface area contributed by atoms with E-state index in [0.717, 1.165) is 24.6 Å². The Kier molecular flexibility index (Phi) is 5.09. The number of halogens is 1. The summed E-state index contributed by atoms with van der Waals surface area (Å²) in [5.41, 5.74) is 0.767. The average Bonchev–Trinajstić information content (AvgIpc) is 2.57. The number of nitrogens with one attached hydrogen (secondary N) is 1. The Labute approximate surface area is 139 Å². The highest BCUT2D eigenvalue weighted by atomic mass is 35.5. The van der Waals surface area contributed by atoms with Crippen LogP contribution in [-0.4, -0.2) is 47.9 Å². The van der Waals surface area contributed by atoms with Crippen molar-refractivity contribution in [3.8, 4) is 5.88 Å². The number of morpholine rings is 1. The summed E-state index contributed by atoms with van der Waals surface area (Å²) < 4.78 is 10.7. The molecule has 0 aliphatic carbocycles. The number of hydrogen-bond donors (Lipinski definition) is 1. The maximum Gasteiger partial charge on any atom is 0.230 e.